The molecule has 1 aliphatic rings. The van der Waals surface area contributed by atoms with Crippen molar-refractivity contribution in [1.29, 1.82) is 0 Å². The number of carboxylic acid groups (broad SMARTS) is 1. The molecule has 0 unspecified atom stereocenters. The van der Waals surface area contributed by atoms with Crippen LogP contribution in [0.5, 0.6) is 0 Å². The largest absolute Gasteiger partial charge is 0.480 e. The predicted molar refractivity (Wildman–Crippen MR) is 74.5 cm³/mol. The molecule has 0 spiro atoms. The fourth-order valence-corrected chi connectivity index (χ4v) is 2.80. The van der Waals surface area contributed by atoms with E-state index in [9.17, 15) is 14.4 Å². The van der Waals surface area contributed by atoms with Gasteiger partial charge in [0.25, 0.3) is 5.91 Å². The van der Waals surface area contributed by atoms with Crippen LogP contribution in [0.25, 0.3) is 0 Å². The van der Waals surface area contributed by atoms with Crippen molar-refractivity contribution in [3.8, 4) is 0 Å². The Balaban J connectivity index is 2.83. The van der Waals surface area contributed by atoms with Gasteiger partial charge in [0.05, 0.1) is 0 Å². The van der Waals surface area contributed by atoms with Gasteiger partial charge in [-0.1, -0.05) is 32.1 Å². The van der Waals surface area contributed by atoms with Gasteiger partial charge in [-0.25, -0.2) is 5.48 Å². The summed E-state index contributed by atoms with van der Waals surface area (Å²) >= 11 is 0. The number of carboxylic acids is 1. The van der Waals surface area contributed by atoms with E-state index in [1.807, 2.05) is 0 Å². The highest BCUT2D eigenvalue weighted by Gasteiger charge is 2.43. The summed E-state index contributed by atoms with van der Waals surface area (Å²) in [7, 11) is 0. The van der Waals surface area contributed by atoms with E-state index in [1.54, 1.807) is 0 Å². The molecule has 0 radical (unpaired) electrons. The molecule has 120 valence electrons. The number of hydrogen-bond donors (Lipinski definition) is 4. The van der Waals surface area contributed by atoms with Crippen LogP contribution in [0, 0.1) is 11.3 Å². The number of carbonyl (C=O) groups is 3. The highest BCUT2D eigenvalue weighted by Crippen LogP contribution is 2.35. The predicted octanol–water partition coefficient (Wildman–Crippen LogP) is 1.06. The fourth-order valence-electron chi connectivity index (χ4n) is 2.80. The molecule has 1 fully saturated rings. The van der Waals surface area contributed by atoms with Gasteiger partial charge in [0, 0.05) is 0 Å². The van der Waals surface area contributed by atoms with Gasteiger partial charge in [-0.3, -0.25) is 19.6 Å². The number of aliphatic carboxylic acids is 1. The van der Waals surface area contributed by atoms with Gasteiger partial charge in [-0.05, 0) is 26.2 Å². The molecule has 0 bridgehead atoms. The normalized spacial score (nSPS) is 20.1. The number of hydroxylamine groups is 1. The molecular weight excluding hydrogens is 276 g/mol. The van der Waals surface area contributed by atoms with Crippen molar-refractivity contribution in [2.75, 3.05) is 0 Å². The first-order valence-electron chi connectivity index (χ1n) is 7.29. The van der Waals surface area contributed by atoms with E-state index in [2.05, 4.69) is 5.32 Å². The van der Waals surface area contributed by atoms with Crippen LogP contribution in [0.15, 0.2) is 0 Å². The van der Waals surface area contributed by atoms with Gasteiger partial charge in [0.15, 0.2) is 0 Å². The van der Waals surface area contributed by atoms with E-state index in [0.717, 1.165) is 32.1 Å². The Morgan fingerprint density at radius 3 is 2.24 bits per heavy atom. The van der Waals surface area contributed by atoms with Crippen molar-refractivity contribution in [3.05, 3.63) is 0 Å². The van der Waals surface area contributed by atoms with E-state index in [0.29, 0.717) is 6.42 Å². The number of carbonyl (C=O) groups excluding carboxylic acids is 2. The maximum absolute atomic E-state index is 12.3. The smallest absolute Gasteiger partial charge is 0.325 e. The molecule has 2 amide bonds. The quantitative estimate of drug-likeness (QED) is 0.332. The molecule has 4 N–H and O–H groups in total. The Kier molecular flexibility index (Phi) is 6.14. The molecule has 1 aliphatic carbocycles. The molecule has 1 saturated carbocycles. The van der Waals surface area contributed by atoms with E-state index in [4.69, 9.17) is 10.3 Å². The molecule has 7 nitrogen and oxygen atoms in total. The topological polar surface area (TPSA) is 116 Å². The van der Waals surface area contributed by atoms with Crippen LogP contribution in [-0.2, 0) is 14.4 Å². The molecule has 0 aromatic rings. The van der Waals surface area contributed by atoms with Crippen molar-refractivity contribution in [2.24, 2.45) is 11.3 Å². The van der Waals surface area contributed by atoms with Crippen LogP contribution in [0.4, 0.5) is 0 Å². The third kappa shape index (κ3) is 4.42. The number of amides is 2. The summed E-state index contributed by atoms with van der Waals surface area (Å²) in [5.74, 6) is -2.42. The van der Waals surface area contributed by atoms with Gasteiger partial charge in [-0.15, -0.1) is 0 Å². The summed E-state index contributed by atoms with van der Waals surface area (Å²) in [6.45, 7) is 2.77. The van der Waals surface area contributed by atoms with Gasteiger partial charge in [0.1, 0.15) is 11.5 Å². The first kappa shape index (κ1) is 17.4. The van der Waals surface area contributed by atoms with Crippen LogP contribution in [0.2, 0.25) is 0 Å². The molecule has 0 aromatic heterocycles. The lowest BCUT2D eigenvalue weighted by Crippen LogP contribution is -2.53. The standard InChI is InChI=1S/C14H24N2O5/c1-9(11(17)18)15-12(19)14(2,13(20)16-21)8-10-6-4-3-5-7-10/h9-10,21H,3-8H2,1-2H3,(H,15,19)(H,16,20)(H,17,18)/t9-,14+/m0/s1. The molecular formula is C14H24N2O5. The highest BCUT2D eigenvalue weighted by molar-refractivity contribution is 6.05. The maximum atomic E-state index is 12.3. The SMILES string of the molecule is C[C@H](NC(=O)[C@@](C)(CC1CCCCC1)C(=O)NO)C(=O)O. The summed E-state index contributed by atoms with van der Waals surface area (Å²) in [5, 5.41) is 20.1. The minimum absolute atomic E-state index is 0.229. The van der Waals surface area contributed by atoms with Crippen molar-refractivity contribution in [3.63, 3.8) is 0 Å². The second-order valence-corrected chi connectivity index (χ2v) is 6.01. The maximum Gasteiger partial charge on any atom is 0.325 e. The molecule has 0 heterocycles. The zero-order chi connectivity index (χ0) is 16.0. The fraction of sp³-hybridized carbons (Fsp3) is 0.786. The number of rotatable bonds is 6. The average molecular weight is 300 g/mol. The lowest BCUT2D eigenvalue weighted by molar-refractivity contribution is -0.152. The first-order valence-corrected chi connectivity index (χ1v) is 7.29. The van der Waals surface area contributed by atoms with Crippen LogP contribution >= 0.6 is 0 Å². The molecule has 2 atom stereocenters. The van der Waals surface area contributed by atoms with Gasteiger partial charge < -0.3 is 10.4 Å². The Labute approximate surface area is 124 Å². The van der Waals surface area contributed by atoms with Gasteiger partial charge in [0.2, 0.25) is 5.91 Å². The van der Waals surface area contributed by atoms with Crippen LogP contribution in [-0.4, -0.2) is 34.1 Å². The Morgan fingerprint density at radius 1 is 1.19 bits per heavy atom. The van der Waals surface area contributed by atoms with Crippen molar-refractivity contribution >= 4 is 17.8 Å². The van der Waals surface area contributed by atoms with E-state index in [1.165, 1.54) is 19.3 Å². The first-order chi connectivity index (χ1) is 9.81. The van der Waals surface area contributed by atoms with E-state index >= 15 is 0 Å². The van der Waals surface area contributed by atoms with Crippen LogP contribution in [0.3, 0.4) is 0 Å². The summed E-state index contributed by atoms with van der Waals surface area (Å²) in [6, 6.07) is -1.09. The molecule has 0 aliphatic heterocycles. The third-order valence-corrected chi connectivity index (χ3v) is 4.24. The molecule has 1 rings (SSSR count). The zero-order valence-electron chi connectivity index (χ0n) is 12.5. The molecule has 0 saturated heterocycles. The number of hydrogen-bond acceptors (Lipinski definition) is 4. The molecule has 7 heteroatoms. The molecule has 0 aromatic carbocycles. The average Bonchev–Trinajstić information content (AvgIpc) is 2.46. The zero-order valence-corrected chi connectivity index (χ0v) is 12.5. The van der Waals surface area contributed by atoms with Crippen molar-refractivity contribution < 1.29 is 24.7 Å². The summed E-state index contributed by atoms with van der Waals surface area (Å²) in [5.41, 5.74) is 0.0596. The lowest BCUT2D eigenvalue weighted by Gasteiger charge is -2.32. The molecule has 21 heavy (non-hydrogen) atoms. The minimum atomic E-state index is -1.47. The van der Waals surface area contributed by atoms with E-state index < -0.39 is 29.2 Å². The van der Waals surface area contributed by atoms with Crippen LogP contribution in [0.1, 0.15) is 52.4 Å². The minimum Gasteiger partial charge on any atom is -0.480 e. The lowest BCUT2D eigenvalue weighted by atomic mass is 9.74. The van der Waals surface area contributed by atoms with Crippen molar-refractivity contribution in [2.45, 2.75) is 58.4 Å². The third-order valence-electron chi connectivity index (χ3n) is 4.24. The highest BCUT2D eigenvalue weighted by atomic mass is 16.5. The Hall–Kier alpha value is -1.63. The monoisotopic (exact) mass is 300 g/mol. The van der Waals surface area contributed by atoms with Gasteiger partial charge >= 0.3 is 5.97 Å². The van der Waals surface area contributed by atoms with Gasteiger partial charge in [-0.2, -0.15) is 0 Å². The van der Waals surface area contributed by atoms with Crippen LogP contribution < -0.4 is 10.8 Å². The Bertz CT molecular complexity index is 406. The summed E-state index contributed by atoms with van der Waals surface area (Å²) in [4.78, 5) is 35.1. The van der Waals surface area contributed by atoms with E-state index in [-0.39, 0.29) is 5.92 Å². The Morgan fingerprint density at radius 2 is 1.76 bits per heavy atom. The van der Waals surface area contributed by atoms with Crippen molar-refractivity contribution in [1.82, 2.24) is 10.8 Å². The summed E-state index contributed by atoms with van der Waals surface area (Å²) in [6.07, 6.45) is 5.47. The second kappa shape index (κ2) is 7.40. The summed E-state index contributed by atoms with van der Waals surface area (Å²) < 4.78 is 0. The number of nitrogens with one attached hydrogen (secondary N) is 2. The second-order valence-electron chi connectivity index (χ2n) is 6.01.